The lowest BCUT2D eigenvalue weighted by atomic mass is 9.85. The molecule has 1 aliphatic heterocycles. The van der Waals surface area contributed by atoms with Crippen molar-refractivity contribution in [3.8, 4) is 0 Å². The van der Waals surface area contributed by atoms with Crippen LogP contribution in [-0.2, 0) is 17.4 Å². The Morgan fingerprint density at radius 1 is 1.27 bits per heavy atom. The van der Waals surface area contributed by atoms with Gasteiger partial charge in [0.2, 0.25) is 0 Å². The van der Waals surface area contributed by atoms with Crippen LogP contribution in [0.25, 0.3) is 10.9 Å². The van der Waals surface area contributed by atoms with E-state index < -0.39 is 10.5 Å². The summed E-state index contributed by atoms with van der Waals surface area (Å²) in [5.74, 6) is 0. The van der Waals surface area contributed by atoms with E-state index in [4.69, 9.17) is 4.74 Å². The Hall–Kier alpha value is -1.60. The first kappa shape index (κ1) is 17.8. The number of benzene rings is 1. The molecule has 4 nitrogen and oxygen atoms in total. The van der Waals surface area contributed by atoms with Gasteiger partial charge in [0.25, 0.3) is 5.56 Å². The molecule has 3 heterocycles. The van der Waals surface area contributed by atoms with E-state index in [2.05, 4.69) is 6.07 Å². The van der Waals surface area contributed by atoms with Crippen molar-refractivity contribution in [2.24, 2.45) is 7.05 Å². The summed E-state index contributed by atoms with van der Waals surface area (Å²) in [4.78, 5) is 12.3. The number of rotatable bonds is 3. The van der Waals surface area contributed by atoms with Gasteiger partial charge in [-0.15, -0.1) is 0 Å². The topological polar surface area (TPSA) is 51.5 Å². The minimum atomic E-state index is -0.846. The molecular formula is C20H21NO3S2. The Kier molecular flexibility index (Phi) is 4.47. The van der Waals surface area contributed by atoms with E-state index in [0.29, 0.717) is 19.4 Å². The minimum Gasteiger partial charge on any atom is -0.385 e. The van der Waals surface area contributed by atoms with Crippen LogP contribution < -0.4 is 5.56 Å². The maximum atomic E-state index is 11.8. The Bertz CT molecular complexity index is 998. The van der Waals surface area contributed by atoms with Gasteiger partial charge in [0.15, 0.2) is 0 Å². The molecule has 1 aromatic carbocycles. The van der Waals surface area contributed by atoms with Crippen molar-refractivity contribution in [1.82, 2.24) is 4.57 Å². The van der Waals surface area contributed by atoms with Gasteiger partial charge in [0, 0.05) is 30.9 Å². The van der Waals surface area contributed by atoms with Gasteiger partial charge in [-0.1, -0.05) is 11.8 Å². The van der Waals surface area contributed by atoms with Gasteiger partial charge in [-0.05, 0) is 59.0 Å². The van der Waals surface area contributed by atoms with Gasteiger partial charge in [-0.2, -0.15) is 11.3 Å². The van der Waals surface area contributed by atoms with Crippen molar-refractivity contribution < 1.29 is 9.84 Å². The standard InChI is InChI=1S/C20H21NO3S2/c1-19(13-20(23,8-9-24-19)15-7-10-25-12-15)26-16-4-5-17-14(11-16)3-6-18(22)21(17)2/h3-7,10-12,23H,8-9,13H2,1-2H3/t19-,20+/m0/s1. The lowest BCUT2D eigenvalue weighted by Gasteiger charge is -2.42. The molecule has 26 heavy (non-hydrogen) atoms. The highest BCUT2D eigenvalue weighted by atomic mass is 32.2. The molecule has 1 fully saturated rings. The molecule has 4 rings (SSSR count). The molecule has 2 atom stereocenters. The van der Waals surface area contributed by atoms with E-state index in [-0.39, 0.29) is 5.56 Å². The van der Waals surface area contributed by atoms with Crippen molar-refractivity contribution in [3.05, 3.63) is 63.1 Å². The molecule has 0 spiro atoms. The van der Waals surface area contributed by atoms with Crippen LogP contribution >= 0.6 is 23.1 Å². The zero-order valence-corrected chi connectivity index (χ0v) is 16.4. The number of aromatic nitrogens is 1. The van der Waals surface area contributed by atoms with Gasteiger partial charge >= 0.3 is 0 Å². The lowest BCUT2D eigenvalue weighted by Crippen LogP contribution is -2.43. The predicted octanol–water partition coefficient (Wildman–Crippen LogP) is 4.11. The van der Waals surface area contributed by atoms with Crippen LogP contribution in [0.4, 0.5) is 0 Å². The Labute approximate surface area is 160 Å². The highest BCUT2D eigenvalue weighted by Crippen LogP contribution is 2.47. The van der Waals surface area contributed by atoms with E-state index >= 15 is 0 Å². The van der Waals surface area contributed by atoms with Gasteiger partial charge in [-0.25, -0.2) is 0 Å². The highest BCUT2D eigenvalue weighted by Gasteiger charge is 2.44. The van der Waals surface area contributed by atoms with E-state index in [1.165, 1.54) is 0 Å². The quantitative estimate of drug-likeness (QED) is 0.735. The summed E-state index contributed by atoms with van der Waals surface area (Å²) in [6, 6.07) is 11.5. The third-order valence-corrected chi connectivity index (χ3v) is 6.89. The monoisotopic (exact) mass is 387 g/mol. The van der Waals surface area contributed by atoms with E-state index in [1.54, 1.807) is 40.8 Å². The Morgan fingerprint density at radius 3 is 2.88 bits per heavy atom. The summed E-state index contributed by atoms with van der Waals surface area (Å²) in [5.41, 5.74) is 1.03. The molecule has 0 amide bonds. The van der Waals surface area contributed by atoms with Crippen molar-refractivity contribution >= 4 is 34.0 Å². The summed E-state index contributed by atoms with van der Waals surface area (Å²) in [5, 5.41) is 16.2. The third kappa shape index (κ3) is 3.22. The van der Waals surface area contributed by atoms with E-state index in [1.807, 2.05) is 41.9 Å². The van der Waals surface area contributed by atoms with Crippen molar-refractivity contribution in [1.29, 1.82) is 0 Å². The zero-order valence-electron chi connectivity index (χ0n) is 14.8. The first-order chi connectivity index (χ1) is 12.4. The van der Waals surface area contributed by atoms with Crippen LogP contribution in [-0.4, -0.2) is 21.2 Å². The molecule has 2 aromatic heterocycles. The van der Waals surface area contributed by atoms with Gasteiger partial charge in [0.1, 0.15) is 4.93 Å². The molecule has 0 saturated carbocycles. The second kappa shape index (κ2) is 6.53. The number of pyridine rings is 1. The summed E-state index contributed by atoms with van der Waals surface area (Å²) >= 11 is 3.23. The fourth-order valence-electron chi connectivity index (χ4n) is 3.62. The molecule has 136 valence electrons. The number of thiophene rings is 1. The maximum Gasteiger partial charge on any atom is 0.250 e. The summed E-state index contributed by atoms with van der Waals surface area (Å²) in [7, 11) is 1.78. The van der Waals surface area contributed by atoms with Gasteiger partial charge in [0.05, 0.1) is 17.7 Å². The largest absolute Gasteiger partial charge is 0.385 e. The zero-order chi connectivity index (χ0) is 18.4. The molecule has 0 bridgehead atoms. The van der Waals surface area contributed by atoms with Crippen molar-refractivity contribution in [2.45, 2.75) is 35.2 Å². The number of hydrogen-bond donors (Lipinski definition) is 1. The Morgan fingerprint density at radius 2 is 2.12 bits per heavy atom. The molecular weight excluding hydrogens is 366 g/mol. The number of nitrogens with zero attached hydrogens (tertiary/aromatic N) is 1. The molecule has 6 heteroatoms. The molecule has 0 unspecified atom stereocenters. The van der Waals surface area contributed by atoms with Crippen LogP contribution in [0, 0.1) is 0 Å². The summed E-state index contributed by atoms with van der Waals surface area (Å²) in [6.45, 7) is 2.57. The first-order valence-corrected chi connectivity index (χ1v) is 10.3. The Balaban J connectivity index is 1.62. The van der Waals surface area contributed by atoms with Gasteiger partial charge < -0.3 is 14.4 Å². The first-order valence-electron chi connectivity index (χ1n) is 8.56. The van der Waals surface area contributed by atoms with Crippen molar-refractivity contribution in [3.63, 3.8) is 0 Å². The van der Waals surface area contributed by atoms with Crippen LogP contribution in [0.15, 0.2) is 56.8 Å². The van der Waals surface area contributed by atoms with E-state index in [0.717, 1.165) is 21.4 Å². The number of aliphatic hydroxyl groups is 1. The normalized spacial score (nSPS) is 26.3. The van der Waals surface area contributed by atoms with Crippen LogP contribution in [0.2, 0.25) is 0 Å². The lowest BCUT2D eigenvalue weighted by molar-refractivity contribution is -0.116. The number of fused-ring (bicyclic) bond motifs is 1. The molecule has 0 radical (unpaired) electrons. The van der Waals surface area contributed by atoms with Crippen LogP contribution in [0.5, 0.6) is 0 Å². The molecule has 1 saturated heterocycles. The van der Waals surface area contributed by atoms with Gasteiger partial charge in [-0.3, -0.25) is 4.79 Å². The number of ether oxygens (including phenoxy) is 1. The summed E-state index contributed by atoms with van der Waals surface area (Å²) in [6.07, 6.45) is 1.15. The molecule has 3 aromatic rings. The average Bonchev–Trinajstić information content (AvgIpc) is 3.13. The maximum absolute atomic E-state index is 11.8. The fourth-order valence-corrected chi connectivity index (χ4v) is 5.65. The molecule has 1 aliphatic rings. The second-order valence-corrected chi connectivity index (χ2v) is 9.33. The fraction of sp³-hybridized carbons (Fsp3) is 0.350. The molecule has 1 N–H and O–H groups in total. The molecule has 0 aliphatic carbocycles. The number of aryl methyl sites for hydroxylation is 1. The predicted molar refractivity (Wildman–Crippen MR) is 107 cm³/mol. The minimum absolute atomic E-state index is 0.0127. The van der Waals surface area contributed by atoms with Crippen LogP contribution in [0.1, 0.15) is 25.3 Å². The average molecular weight is 388 g/mol. The smallest absolute Gasteiger partial charge is 0.250 e. The van der Waals surface area contributed by atoms with Crippen LogP contribution in [0.3, 0.4) is 0 Å². The summed E-state index contributed by atoms with van der Waals surface area (Å²) < 4.78 is 7.72. The number of thioether (sulfide) groups is 1. The van der Waals surface area contributed by atoms with E-state index in [9.17, 15) is 9.90 Å². The third-order valence-electron chi connectivity index (χ3n) is 5.03. The number of hydrogen-bond acceptors (Lipinski definition) is 5. The highest BCUT2D eigenvalue weighted by molar-refractivity contribution is 8.00. The second-order valence-electron chi connectivity index (χ2n) is 7.01. The van der Waals surface area contributed by atoms with Crippen molar-refractivity contribution in [2.75, 3.05) is 6.61 Å². The SMILES string of the molecule is Cn1c(=O)ccc2cc(S[C@@]3(C)C[C@@](O)(c4ccsc4)CCO3)ccc21.